The van der Waals surface area contributed by atoms with Crippen LogP contribution in [-0.4, -0.2) is 38.0 Å². The van der Waals surface area contributed by atoms with E-state index in [1.54, 1.807) is 18.2 Å². The lowest BCUT2D eigenvalue weighted by Gasteiger charge is -2.12. The number of amides is 2. The lowest BCUT2D eigenvalue weighted by Crippen LogP contribution is -2.30. The van der Waals surface area contributed by atoms with Crippen molar-refractivity contribution in [3.05, 3.63) is 57.6 Å². The van der Waals surface area contributed by atoms with Crippen molar-refractivity contribution in [3.8, 4) is 0 Å². The summed E-state index contributed by atoms with van der Waals surface area (Å²) < 4.78 is 9.88. The Hall–Kier alpha value is -3.20. The summed E-state index contributed by atoms with van der Waals surface area (Å²) in [5, 5.41) is 4.78. The van der Waals surface area contributed by atoms with Gasteiger partial charge in [-0.05, 0) is 58.7 Å². The molecule has 2 aromatic carbocycles. The summed E-state index contributed by atoms with van der Waals surface area (Å²) in [4.78, 5) is 48.1. The zero-order chi connectivity index (χ0) is 20.8. The van der Waals surface area contributed by atoms with Crippen LogP contribution in [0.4, 0.5) is 11.4 Å². The highest BCUT2D eigenvalue weighted by Gasteiger charge is 2.21. The highest BCUT2D eigenvalue weighted by molar-refractivity contribution is 9.10. The lowest BCUT2D eigenvalue weighted by molar-refractivity contribution is -0.133. The normalized spacial score (nSPS) is 10.0. The van der Waals surface area contributed by atoms with Crippen LogP contribution < -0.4 is 10.6 Å². The molecule has 0 saturated carbocycles. The topological polar surface area (TPSA) is 111 Å². The predicted molar refractivity (Wildman–Crippen MR) is 105 cm³/mol. The molecule has 0 aromatic heterocycles. The van der Waals surface area contributed by atoms with Gasteiger partial charge in [-0.3, -0.25) is 9.59 Å². The Morgan fingerprint density at radius 3 is 2.00 bits per heavy atom. The third kappa shape index (κ3) is 4.95. The highest BCUT2D eigenvalue weighted by Crippen LogP contribution is 2.24. The molecule has 0 aliphatic rings. The first-order valence-electron chi connectivity index (χ1n) is 7.96. The molecule has 0 fully saturated rings. The molecule has 0 unspecified atom stereocenters. The fourth-order valence-corrected chi connectivity index (χ4v) is 2.85. The molecule has 0 bridgehead atoms. The van der Waals surface area contributed by atoms with Gasteiger partial charge in [-0.1, -0.05) is 6.07 Å². The number of anilines is 2. The van der Waals surface area contributed by atoms with Crippen LogP contribution in [0.5, 0.6) is 0 Å². The molecule has 2 amide bonds. The number of halogens is 1. The second-order valence-corrected chi connectivity index (χ2v) is 6.49. The number of nitrogens with one attached hydrogen (secondary N) is 2. The van der Waals surface area contributed by atoms with Crippen molar-refractivity contribution in [1.82, 2.24) is 0 Å². The molecule has 0 radical (unpaired) electrons. The van der Waals surface area contributed by atoms with Crippen LogP contribution in [0.25, 0.3) is 0 Å². The van der Waals surface area contributed by atoms with Gasteiger partial charge in [-0.25, -0.2) is 9.59 Å². The molecule has 2 N–H and O–H groups in total. The number of rotatable bonds is 4. The van der Waals surface area contributed by atoms with Gasteiger partial charge >= 0.3 is 23.8 Å². The summed E-state index contributed by atoms with van der Waals surface area (Å²) in [6.07, 6.45) is 0. The molecule has 28 heavy (non-hydrogen) atoms. The minimum atomic E-state index is -1.03. The third-order valence-corrected chi connectivity index (χ3v) is 4.33. The van der Waals surface area contributed by atoms with Gasteiger partial charge in [0.25, 0.3) is 0 Å². The zero-order valence-electron chi connectivity index (χ0n) is 15.3. The second kappa shape index (κ2) is 9.14. The van der Waals surface area contributed by atoms with Crippen molar-refractivity contribution < 1.29 is 28.7 Å². The summed E-state index contributed by atoms with van der Waals surface area (Å²) in [7, 11) is 2.37. The van der Waals surface area contributed by atoms with Crippen molar-refractivity contribution in [2.45, 2.75) is 6.92 Å². The monoisotopic (exact) mass is 448 g/mol. The largest absolute Gasteiger partial charge is 0.465 e. The number of hydrogen-bond donors (Lipinski definition) is 2. The SMILES string of the molecule is COC(=O)c1ccc(C(=O)OC)c(NC(=O)C(=O)Nc2ccc(C)cc2Br)c1. The molecule has 2 aromatic rings. The van der Waals surface area contributed by atoms with Gasteiger partial charge in [0.1, 0.15) is 0 Å². The molecule has 0 saturated heterocycles. The fraction of sp³-hybridized carbons (Fsp3) is 0.158. The highest BCUT2D eigenvalue weighted by atomic mass is 79.9. The Balaban J connectivity index is 2.26. The third-order valence-electron chi connectivity index (χ3n) is 3.67. The number of methoxy groups -OCH3 is 2. The summed E-state index contributed by atoms with van der Waals surface area (Å²) in [6.45, 7) is 1.88. The van der Waals surface area contributed by atoms with Crippen molar-refractivity contribution in [1.29, 1.82) is 0 Å². The van der Waals surface area contributed by atoms with Crippen LogP contribution >= 0.6 is 15.9 Å². The molecule has 8 nitrogen and oxygen atoms in total. The van der Waals surface area contributed by atoms with E-state index in [1.807, 2.05) is 6.92 Å². The first-order chi connectivity index (χ1) is 13.3. The quantitative estimate of drug-likeness (QED) is 0.549. The van der Waals surface area contributed by atoms with E-state index >= 15 is 0 Å². The minimum absolute atomic E-state index is 0.0205. The van der Waals surface area contributed by atoms with E-state index in [2.05, 4.69) is 36.0 Å². The summed E-state index contributed by atoms with van der Waals surface area (Å²) >= 11 is 3.31. The van der Waals surface area contributed by atoms with Gasteiger partial charge in [0, 0.05) is 4.47 Å². The van der Waals surface area contributed by atoms with E-state index in [4.69, 9.17) is 0 Å². The molecular formula is C19H17BrN2O6. The van der Waals surface area contributed by atoms with Gasteiger partial charge in [0.05, 0.1) is 36.7 Å². The molecular weight excluding hydrogens is 432 g/mol. The first kappa shape index (κ1) is 21.1. The second-order valence-electron chi connectivity index (χ2n) is 5.64. The molecule has 0 spiro atoms. The number of hydrogen-bond acceptors (Lipinski definition) is 6. The Morgan fingerprint density at radius 1 is 0.821 bits per heavy atom. The van der Waals surface area contributed by atoms with E-state index in [9.17, 15) is 19.2 Å². The summed E-state index contributed by atoms with van der Waals surface area (Å²) in [5.41, 5.74) is 1.39. The molecule has 9 heteroatoms. The maximum absolute atomic E-state index is 12.3. The molecule has 0 aliphatic carbocycles. The number of ether oxygens (including phenoxy) is 2. The van der Waals surface area contributed by atoms with Gasteiger partial charge in [-0.15, -0.1) is 0 Å². The van der Waals surface area contributed by atoms with Crippen LogP contribution in [0, 0.1) is 6.92 Å². The number of aryl methyl sites for hydroxylation is 1. The van der Waals surface area contributed by atoms with Gasteiger partial charge in [0.15, 0.2) is 0 Å². The summed E-state index contributed by atoms with van der Waals surface area (Å²) in [6, 6.07) is 9.06. The number of carbonyl (C=O) groups is 4. The maximum atomic E-state index is 12.3. The van der Waals surface area contributed by atoms with Gasteiger partial charge < -0.3 is 20.1 Å². The fourth-order valence-electron chi connectivity index (χ4n) is 2.26. The summed E-state index contributed by atoms with van der Waals surface area (Å²) in [5.74, 6) is -3.39. The standard InChI is InChI=1S/C19H17BrN2O6/c1-10-4-7-14(13(20)8-10)21-16(23)17(24)22-15-9-11(18(25)27-2)5-6-12(15)19(26)28-3/h4-9H,1-3H3,(H,21,23)(H,22,24). The molecule has 0 aliphatic heterocycles. The number of carbonyl (C=O) groups excluding carboxylic acids is 4. The minimum Gasteiger partial charge on any atom is -0.465 e. The Kier molecular flexibility index (Phi) is 6.89. The molecule has 2 rings (SSSR count). The molecule has 0 heterocycles. The Labute approximate surface area is 169 Å². The van der Waals surface area contributed by atoms with Crippen molar-refractivity contribution >= 4 is 51.1 Å². The number of benzene rings is 2. The Morgan fingerprint density at radius 2 is 1.43 bits per heavy atom. The lowest BCUT2D eigenvalue weighted by atomic mass is 10.1. The molecule has 0 atom stereocenters. The zero-order valence-corrected chi connectivity index (χ0v) is 16.9. The maximum Gasteiger partial charge on any atom is 0.339 e. The van der Waals surface area contributed by atoms with E-state index in [0.717, 1.165) is 5.56 Å². The number of esters is 2. The predicted octanol–water partition coefficient (Wildman–Crippen LogP) is 2.91. The van der Waals surface area contributed by atoms with Crippen LogP contribution in [-0.2, 0) is 19.1 Å². The van der Waals surface area contributed by atoms with Gasteiger partial charge in [0.2, 0.25) is 0 Å². The molecule has 146 valence electrons. The van der Waals surface area contributed by atoms with Crippen molar-refractivity contribution in [2.75, 3.05) is 24.9 Å². The van der Waals surface area contributed by atoms with Crippen molar-refractivity contribution in [2.24, 2.45) is 0 Å². The van der Waals surface area contributed by atoms with Crippen LogP contribution in [0.3, 0.4) is 0 Å². The van der Waals surface area contributed by atoms with E-state index in [0.29, 0.717) is 10.2 Å². The smallest absolute Gasteiger partial charge is 0.339 e. The van der Waals surface area contributed by atoms with E-state index < -0.39 is 23.8 Å². The van der Waals surface area contributed by atoms with Gasteiger partial charge in [-0.2, -0.15) is 0 Å². The first-order valence-corrected chi connectivity index (χ1v) is 8.75. The van der Waals surface area contributed by atoms with E-state index in [-0.39, 0.29) is 16.8 Å². The van der Waals surface area contributed by atoms with E-state index in [1.165, 1.54) is 32.4 Å². The average molecular weight is 449 g/mol. The Bertz CT molecular complexity index is 957. The van der Waals surface area contributed by atoms with Crippen LogP contribution in [0.1, 0.15) is 26.3 Å². The average Bonchev–Trinajstić information content (AvgIpc) is 2.68. The van der Waals surface area contributed by atoms with Crippen LogP contribution in [0.15, 0.2) is 40.9 Å². The van der Waals surface area contributed by atoms with Crippen LogP contribution in [0.2, 0.25) is 0 Å². The van der Waals surface area contributed by atoms with Crippen molar-refractivity contribution in [3.63, 3.8) is 0 Å².